The maximum atomic E-state index is 13.0. The number of amides is 1. The van der Waals surface area contributed by atoms with Gasteiger partial charge in [0.05, 0.1) is 29.4 Å². The Kier molecular flexibility index (Phi) is 5.53. The number of halogens is 1. The number of hydrogen-bond donors (Lipinski definition) is 4. The number of thiocarbonyl (C=S) groups is 1. The summed E-state index contributed by atoms with van der Waals surface area (Å²) in [6, 6.07) is 11.4. The molecule has 1 amide bonds. The van der Waals surface area contributed by atoms with Crippen LogP contribution in [0.2, 0.25) is 5.02 Å². The molecule has 0 radical (unpaired) electrons. The van der Waals surface area contributed by atoms with E-state index in [0.29, 0.717) is 32.8 Å². The monoisotopic (exact) mass is 403 g/mol. The number of nitrogens with one attached hydrogen (secondary N) is 3. The van der Waals surface area contributed by atoms with Gasteiger partial charge in [0, 0.05) is 5.70 Å². The molecule has 1 aliphatic heterocycles. The molecule has 0 unspecified atom stereocenters. The minimum atomic E-state index is -0.518. The van der Waals surface area contributed by atoms with E-state index in [0.717, 1.165) is 5.56 Å². The SMILES string of the molecule is COc1cc([C@@H]2NC(=S)NC(C)=C2C(=O)Nc2ccccc2Cl)ccc1O. The number of aromatic hydroxyl groups is 1. The van der Waals surface area contributed by atoms with Crippen molar-refractivity contribution in [2.75, 3.05) is 12.4 Å². The third-order valence-corrected chi connectivity index (χ3v) is 4.72. The number of phenols is 1. The van der Waals surface area contributed by atoms with Crippen LogP contribution in [-0.2, 0) is 4.79 Å². The number of allylic oxidation sites excluding steroid dienone is 1. The van der Waals surface area contributed by atoms with Gasteiger partial charge in [0.15, 0.2) is 16.6 Å². The summed E-state index contributed by atoms with van der Waals surface area (Å²) in [5.41, 5.74) is 2.31. The van der Waals surface area contributed by atoms with Crippen LogP contribution in [0.15, 0.2) is 53.7 Å². The highest BCUT2D eigenvalue weighted by Crippen LogP contribution is 2.34. The van der Waals surface area contributed by atoms with Crippen molar-refractivity contribution in [3.63, 3.8) is 0 Å². The first-order chi connectivity index (χ1) is 12.9. The number of hydrogen-bond acceptors (Lipinski definition) is 4. The summed E-state index contributed by atoms with van der Waals surface area (Å²) in [6.07, 6.45) is 0. The van der Waals surface area contributed by atoms with Crippen molar-refractivity contribution in [2.45, 2.75) is 13.0 Å². The van der Waals surface area contributed by atoms with E-state index in [1.807, 2.05) is 0 Å². The third-order valence-electron chi connectivity index (χ3n) is 4.17. The average Bonchev–Trinajstić information content (AvgIpc) is 2.63. The van der Waals surface area contributed by atoms with Gasteiger partial charge < -0.3 is 25.8 Å². The van der Waals surface area contributed by atoms with E-state index in [2.05, 4.69) is 16.0 Å². The number of carbonyl (C=O) groups excluding carboxylic acids is 1. The lowest BCUT2D eigenvalue weighted by Gasteiger charge is -2.30. The van der Waals surface area contributed by atoms with E-state index in [-0.39, 0.29) is 11.7 Å². The lowest BCUT2D eigenvalue weighted by Crippen LogP contribution is -2.45. The fraction of sp³-hybridized carbons (Fsp3) is 0.158. The zero-order chi connectivity index (χ0) is 19.6. The van der Waals surface area contributed by atoms with E-state index in [1.54, 1.807) is 43.3 Å². The molecular weight excluding hydrogens is 386 g/mol. The van der Waals surface area contributed by atoms with Crippen LogP contribution >= 0.6 is 23.8 Å². The molecule has 0 saturated carbocycles. The molecule has 1 atom stereocenters. The molecule has 4 N–H and O–H groups in total. The number of para-hydroxylation sites is 1. The van der Waals surface area contributed by atoms with Crippen LogP contribution in [0.3, 0.4) is 0 Å². The first kappa shape index (κ1) is 19.0. The zero-order valence-electron chi connectivity index (χ0n) is 14.7. The number of carbonyl (C=O) groups is 1. The van der Waals surface area contributed by atoms with Crippen molar-refractivity contribution in [3.05, 3.63) is 64.3 Å². The maximum Gasteiger partial charge on any atom is 0.255 e. The van der Waals surface area contributed by atoms with Crippen LogP contribution in [0.4, 0.5) is 5.69 Å². The van der Waals surface area contributed by atoms with Crippen LogP contribution in [0, 0.1) is 0 Å². The predicted octanol–water partition coefficient (Wildman–Crippen LogP) is 3.49. The van der Waals surface area contributed by atoms with Gasteiger partial charge in [-0.15, -0.1) is 0 Å². The Balaban J connectivity index is 1.99. The minimum absolute atomic E-state index is 0.0144. The molecule has 0 bridgehead atoms. The molecule has 3 rings (SSSR count). The summed E-state index contributed by atoms with van der Waals surface area (Å²) >= 11 is 11.4. The molecule has 0 fully saturated rings. The van der Waals surface area contributed by atoms with Crippen molar-refractivity contribution >= 4 is 40.5 Å². The van der Waals surface area contributed by atoms with E-state index in [4.69, 9.17) is 28.6 Å². The molecule has 2 aromatic carbocycles. The van der Waals surface area contributed by atoms with Gasteiger partial charge in [-0.05, 0) is 49.0 Å². The molecule has 0 saturated heterocycles. The first-order valence-corrected chi connectivity index (χ1v) is 8.90. The Morgan fingerprint density at radius 3 is 2.74 bits per heavy atom. The fourth-order valence-electron chi connectivity index (χ4n) is 2.87. The van der Waals surface area contributed by atoms with Crippen LogP contribution in [0.1, 0.15) is 18.5 Å². The molecular formula is C19H18ClN3O3S. The Morgan fingerprint density at radius 2 is 2.04 bits per heavy atom. The second kappa shape index (κ2) is 7.85. The molecule has 1 aliphatic rings. The maximum absolute atomic E-state index is 13.0. The highest BCUT2D eigenvalue weighted by atomic mass is 35.5. The van der Waals surface area contributed by atoms with Gasteiger partial charge in [-0.1, -0.05) is 29.8 Å². The van der Waals surface area contributed by atoms with Gasteiger partial charge in [-0.2, -0.15) is 0 Å². The van der Waals surface area contributed by atoms with E-state index in [1.165, 1.54) is 13.2 Å². The quantitative estimate of drug-likeness (QED) is 0.585. The minimum Gasteiger partial charge on any atom is -0.504 e. The van der Waals surface area contributed by atoms with Crippen molar-refractivity contribution in [3.8, 4) is 11.5 Å². The molecule has 6 nitrogen and oxygen atoms in total. The van der Waals surface area contributed by atoms with Crippen molar-refractivity contribution in [2.24, 2.45) is 0 Å². The lowest BCUT2D eigenvalue weighted by molar-refractivity contribution is -0.113. The van der Waals surface area contributed by atoms with Gasteiger partial charge >= 0.3 is 0 Å². The molecule has 0 aliphatic carbocycles. The standard InChI is InChI=1S/C19H18ClN3O3S/c1-10-16(18(25)22-13-6-4-3-5-12(13)20)17(23-19(27)21-10)11-7-8-14(24)15(9-11)26-2/h3-9,17,24H,1-2H3,(H,22,25)(H2,21,23,27)/t17-/m0/s1. The molecule has 140 valence electrons. The predicted molar refractivity (Wildman–Crippen MR) is 109 cm³/mol. The summed E-state index contributed by atoms with van der Waals surface area (Å²) in [5.74, 6) is 0.00272. The van der Waals surface area contributed by atoms with Crippen LogP contribution in [0.5, 0.6) is 11.5 Å². The summed E-state index contributed by atoms with van der Waals surface area (Å²) < 4.78 is 5.18. The van der Waals surface area contributed by atoms with Crippen molar-refractivity contribution < 1.29 is 14.6 Å². The first-order valence-electron chi connectivity index (χ1n) is 8.11. The Hall–Kier alpha value is -2.77. The Labute approximate surface area is 167 Å². The smallest absolute Gasteiger partial charge is 0.255 e. The van der Waals surface area contributed by atoms with Crippen LogP contribution in [0.25, 0.3) is 0 Å². The molecule has 1 heterocycles. The highest BCUT2D eigenvalue weighted by Gasteiger charge is 2.30. The molecule has 27 heavy (non-hydrogen) atoms. The normalized spacial score (nSPS) is 16.4. The number of ether oxygens (including phenoxy) is 1. The molecule has 2 aromatic rings. The second-order valence-corrected chi connectivity index (χ2v) is 6.75. The van der Waals surface area contributed by atoms with Crippen LogP contribution in [-0.4, -0.2) is 23.2 Å². The van der Waals surface area contributed by atoms with Gasteiger partial charge in [-0.3, -0.25) is 4.79 Å². The number of methoxy groups -OCH3 is 1. The summed E-state index contributed by atoms with van der Waals surface area (Å²) in [4.78, 5) is 13.0. The topological polar surface area (TPSA) is 82.6 Å². The lowest BCUT2D eigenvalue weighted by atomic mass is 9.94. The number of benzene rings is 2. The molecule has 8 heteroatoms. The summed E-state index contributed by atoms with van der Waals surface area (Å²) in [7, 11) is 1.46. The number of anilines is 1. The van der Waals surface area contributed by atoms with Gasteiger partial charge in [-0.25, -0.2) is 0 Å². The molecule has 0 spiro atoms. The Morgan fingerprint density at radius 1 is 1.30 bits per heavy atom. The van der Waals surface area contributed by atoms with E-state index < -0.39 is 6.04 Å². The zero-order valence-corrected chi connectivity index (χ0v) is 16.2. The van der Waals surface area contributed by atoms with Gasteiger partial charge in [0.25, 0.3) is 5.91 Å². The van der Waals surface area contributed by atoms with Crippen LogP contribution < -0.4 is 20.7 Å². The summed E-state index contributed by atoms with van der Waals surface area (Å²) in [6.45, 7) is 1.78. The molecule has 0 aromatic heterocycles. The average molecular weight is 404 g/mol. The van der Waals surface area contributed by atoms with Gasteiger partial charge in [0.1, 0.15) is 0 Å². The van der Waals surface area contributed by atoms with Gasteiger partial charge in [0.2, 0.25) is 0 Å². The van der Waals surface area contributed by atoms with Crippen molar-refractivity contribution in [1.29, 1.82) is 0 Å². The van der Waals surface area contributed by atoms with E-state index in [9.17, 15) is 9.90 Å². The highest BCUT2D eigenvalue weighted by molar-refractivity contribution is 7.80. The second-order valence-electron chi connectivity index (χ2n) is 5.94. The number of rotatable bonds is 4. The fourth-order valence-corrected chi connectivity index (χ4v) is 3.32. The number of phenolic OH excluding ortho intramolecular Hbond substituents is 1. The van der Waals surface area contributed by atoms with Crippen molar-refractivity contribution in [1.82, 2.24) is 10.6 Å². The van der Waals surface area contributed by atoms with E-state index >= 15 is 0 Å². The summed E-state index contributed by atoms with van der Waals surface area (Å²) in [5, 5.41) is 19.6. The Bertz CT molecular complexity index is 946. The largest absolute Gasteiger partial charge is 0.504 e. The third kappa shape index (κ3) is 3.99.